The van der Waals surface area contributed by atoms with E-state index in [-0.39, 0.29) is 5.78 Å². The van der Waals surface area contributed by atoms with Crippen LogP contribution in [-0.2, 0) is 9.53 Å². The Bertz CT molecular complexity index is 426. The van der Waals surface area contributed by atoms with E-state index in [1.807, 2.05) is 0 Å². The Hall–Kier alpha value is -2.10. The fourth-order valence-electron chi connectivity index (χ4n) is 1.25. The van der Waals surface area contributed by atoms with E-state index in [9.17, 15) is 9.59 Å². The van der Waals surface area contributed by atoms with Crippen LogP contribution in [0.3, 0.4) is 0 Å². The second-order valence-corrected chi connectivity index (χ2v) is 3.28. The summed E-state index contributed by atoms with van der Waals surface area (Å²) in [7, 11) is 0. The number of hydrogen-bond donors (Lipinski definition) is 1. The molecule has 0 fully saturated rings. The van der Waals surface area contributed by atoms with Gasteiger partial charge in [-0.15, -0.1) is 0 Å². The summed E-state index contributed by atoms with van der Waals surface area (Å²) in [5.74, 6) is -1.88. The molecule has 0 saturated heterocycles. The van der Waals surface area contributed by atoms with E-state index in [2.05, 4.69) is 11.3 Å². The van der Waals surface area contributed by atoms with E-state index < -0.39 is 11.9 Å². The van der Waals surface area contributed by atoms with Crippen LogP contribution in [-0.4, -0.2) is 11.8 Å². The topological polar surface area (TPSA) is 69.4 Å². The normalized spacial score (nSPS) is 11.6. The quantitative estimate of drug-likeness (QED) is 0.275. The maximum absolute atomic E-state index is 11.9. The highest BCUT2D eigenvalue weighted by Crippen LogP contribution is 2.16. The number of rotatable bonds is 4. The average Bonchev–Trinajstić information content (AvgIpc) is 2.28. The minimum Gasteiger partial charge on any atom is -0.435 e. The molecular weight excluding hydrogens is 206 g/mol. The third-order valence-corrected chi connectivity index (χ3v) is 2.17. The molecule has 0 amide bonds. The monoisotopic (exact) mass is 219 g/mol. The number of hydrogen-bond acceptors (Lipinski definition) is 4. The lowest BCUT2D eigenvalue weighted by atomic mass is 9.98. The number of nitrogen functional groups attached to an aromatic ring is 1. The minimum atomic E-state index is -0.886. The fourth-order valence-corrected chi connectivity index (χ4v) is 1.25. The second-order valence-electron chi connectivity index (χ2n) is 3.28. The Kier molecular flexibility index (Phi) is 3.83. The number of benzene rings is 1. The third-order valence-electron chi connectivity index (χ3n) is 2.17. The lowest BCUT2D eigenvalue weighted by Gasteiger charge is -2.09. The Morgan fingerprint density at radius 3 is 2.62 bits per heavy atom. The van der Waals surface area contributed by atoms with Crippen molar-refractivity contribution in [1.29, 1.82) is 0 Å². The standard InChI is InChI=1S/C12H13NO3/c1-3-16-12(15)8(2)11(14)9-6-4-5-7-10(9)13/h3-8H,1,13H2,2H3. The molecule has 0 spiro atoms. The van der Waals surface area contributed by atoms with Crippen molar-refractivity contribution in [2.75, 3.05) is 5.73 Å². The van der Waals surface area contributed by atoms with Gasteiger partial charge in [0.25, 0.3) is 0 Å². The molecule has 16 heavy (non-hydrogen) atoms. The van der Waals surface area contributed by atoms with Gasteiger partial charge in [-0.1, -0.05) is 18.7 Å². The molecule has 1 atom stereocenters. The fraction of sp³-hybridized carbons (Fsp3) is 0.167. The molecule has 0 aliphatic carbocycles. The first-order valence-electron chi connectivity index (χ1n) is 4.78. The minimum absolute atomic E-state index is 0.330. The highest BCUT2D eigenvalue weighted by atomic mass is 16.5. The number of anilines is 1. The maximum atomic E-state index is 11.9. The van der Waals surface area contributed by atoms with E-state index in [0.29, 0.717) is 11.3 Å². The Morgan fingerprint density at radius 2 is 2.06 bits per heavy atom. The molecule has 1 rings (SSSR count). The molecule has 4 nitrogen and oxygen atoms in total. The highest BCUT2D eigenvalue weighted by Gasteiger charge is 2.24. The van der Waals surface area contributed by atoms with Gasteiger partial charge in [0.2, 0.25) is 0 Å². The SMILES string of the molecule is C=COC(=O)C(C)C(=O)c1ccccc1N. The zero-order chi connectivity index (χ0) is 12.1. The van der Waals surface area contributed by atoms with Crippen LogP contribution in [0.5, 0.6) is 0 Å². The predicted molar refractivity (Wildman–Crippen MR) is 60.6 cm³/mol. The Balaban J connectivity index is 2.90. The summed E-state index contributed by atoms with van der Waals surface area (Å²) in [5, 5.41) is 0. The van der Waals surface area contributed by atoms with Crippen molar-refractivity contribution in [3.63, 3.8) is 0 Å². The molecule has 0 aliphatic rings. The molecule has 4 heteroatoms. The van der Waals surface area contributed by atoms with Gasteiger partial charge in [-0.3, -0.25) is 9.59 Å². The molecule has 0 heterocycles. The summed E-state index contributed by atoms with van der Waals surface area (Å²) >= 11 is 0. The number of carbonyl (C=O) groups is 2. The van der Waals surface area contributed by atoms with Gasteiger partial charge in [0.15, 0.2) is 5.78 Å². The van der Waals surface area contributed by atoms with Crippen molar-refractivity contribution in [2.45, 2.75) is 6.92 Å². The van der Waals surface area contributed by atoms with Gasteiger partial charge in [-0.05, 0) is 19.1 Å². The zero-order valence-electron chi connectivity index (χ0n) is 8.97. The molecule has 1 aromatic rings. The summed E-state index contributed by atoms with van der Waals surface area (Å²) < 4.78 is 4.55. The average molecular weight is 219 g/mol. The number of carbonyl (C=O) groups excluding carboxylic acids is 2. The number of nitrogens with two attached hydrogens (primary N) is 1. The number of ether oxygens (including phenoxy) is 1. The lowest BCUT2D eigenvalue weighted by molar-refractivity contribution is -0.140. The van der Waals surface area contributed by atoms with Crippen LogP contribution in [0.1, 0.15) is 17.3 Å². The van der Waals surface area contributed by atoms with Crippen molar-refractivity contribution in [1.82, 2.24) is 0 Å². The van der Waals surface area contributed by atoms with Crippen molar-refractivity contribution in [3.8, 4) is 0 Å². The van der Waals surface area contributed by atoms with Crippen LogP contribution < -0.4 is 5.73 Å². The molecule has 1 unspecified atom stereocenters. The smallest absolute Gasteiger partial charge is 0.321 e. The first-order chi connectivity index (χ1) is 7.57. The molecular formula is C12H13NO3. The van der Waals surface area contributed by atoms with E-state index in [1.54, 1.807) is 24.3 Å². The van der Waals surface area contributed by atoms with Crippen molar-refractivity contribution in [2.24, 2.45) is 5.92 Å². The zero-order valence-corrected chi connectivity index (χ0v) is 8.97. The van der Waals surface area contributed by atoms with Crippen LogP contribution in [0.25, 0.3) is 0 Å². The van der Waals surface area contributed by atoms with Gasteiger partial charge in [0.1, 0.15) is 5.92 Å². The summed E-state index contributed by atoms with van der Waals surface area (Å²) in [6, 6.07) is 6.60. The maximum Gasteiger partial charge on any atom is 0.321 e. The molecule has 84 valence electrons. The van der Waals surface area contributed by atoms with Gasteiger partial charge in [-0.2, -0.15) is 0 Å². The first-order valence-corrected chi connectivity index (χ1v) is 4.78. The van der Waals surface area contributed by atoms with Gasteiger partial charge in [-0.25, -0.2) is 0 Å². The van der Waals surface area contributed by atoms with Crippen molar-refractivity contribution in [3.05, 3.63) is 42.7 Å². The Labute approximate surface area is 93.7 Å². The van der Waals surface area contributed by atoms with Crippen molar-refractivity contribution >= 4 is 17.4 Å². The molecule has 2 N–H and O–H groups in total. The number of para-hydroxylation sites is 1. The number of Topliss-reactive ketones (excluding diaryl/α,β-unsaturated/α-hetero) is 1. The second kappa shape index (κ2) is 5.11. The van der Waals surface area contributed by atoms with Crippen LogP contribution in [0, 0.1) is 5.92 Å². The van der Waals surface area contributed by atoms with Crippen molar-refractivity contribution < 1.29 is 14.3 Å². The van der Waals surface area contributed by atoms with Gasteiger partial charge in [0.05, 0.1) is 6.26 Å². The summed E-state index contributed by atoms with van der Waals surface area (Å²) in [4.78, 5) is 23.2. The van der Waals surface area contributed by atoms with Crippen LogP contribution in [0.4, 0.5) is 5.69 Å². The molecule has 0 radical (unpaired) electrons. The highest BCUT2D eigenvalue weighted by molar-refractivity contribution is 6.10. The molecule has 0 saturated carbocycles. The largest absolute Gasteiger partial charge is 0.435 e. The molecule has 0 aromatic heterocycles. The third kappa shape index (κ3) is 2.48. The van der Waals surface area contributed by atoms with Crippen LogP contribution in [0.2, 0.25) is 0 Å². The predicted octanol–water partition coefficient (Wildman–Crippen LogP) is 1.77. The van der Waals surface area contributed by atoms with Gasteiger partial charge in [0, 0.05) is 11.3 Å². The van der Waals surface area contributed by atoms with Crippen LogP contribution >= 0.6 is 0 Å². The summed E-state index contributed by atoms with van der Waals surface area (Å²) in [5.41, 5.74) is 6.32. The lowest BCUT2D eigenvalue weighted by Crippen LogP contribution is -2.22. The van der Waals surface area contributed by atoms with Crippen LogP contribution in [0.15, 0.2) is 37.1 Å². The molecule has 0 bridgehead atoms. The first kappa shape index (κ1) is 12.0. The number of ketones is 1. The van der Waals surface area contributed by atoms with E-state index in [0.717, 1.165) is 6.26 Å². The molecule has 0 aliphatic heterocycles. The number of esters is 1. The summed E-state index contributed by atoms with van der Waals surface area (Å²) in [6.07, 6.45) is 1.00. The van der Waals surface area contributed by atoms with Gasteiger partial charge >= 0.3 is 5.97 Å². The van der Waals surface area contributed by atoms with E-state index >= 15 is 0 Å². The van der Waals surface area contributed by atoms with Gasteiger partial charge < -0.3 is 10.5 Å². The summed E-state index contributed by atoms with van der Waals surface area (Å²) in [6.45, 7) is 4.73. The molecule has 1 aromatic carbocycles. The Morgan fingerprint density at radius 1 is 1.44 bits per heavy atom. The van der Waals surface area contributed by atoms with E-state index in [4.69, 9.17) is 5.73 Å². The van der Waals surface area contributed by atoms with E-state index in [1.165, 1.54) is 6.92 Å².